The van der Waals surface area contributed by atoms with Crippen molar-refractivity contribution in [3.63, 3.8) is 0 Å². The summed E-state index contributed by atoms with van der Waals surface area (Å²) in [5, 5.41) is 22.1. The van der Waals surface area contributed by atoms with E-state index in [0.29, 0.717) is 5.75 Å². The van der Waals surface area contributed by atoms with Crippen LogP contribution in [0.3, 0.4) is 0 Å². The third kappa shape index (κ3) is 3.85. The first-order valence-electron chi connectivity index (χ1n) is 5.05. The van der Waals surface area contributed by atoms with Crippen LogP contribution in [0.5, 0.6) is 0 Å². The van der Waals surface area contributed by atoms with Gasteiger partial charge in [-0.25, -0.2) is 0 Å². The van der Waals surface area contributed by atoms with Crippen molar-refractivity contribution in [2.24, 2.45) is 7.05 Å². The predicted molar refractivity (Wildman–Crippen MR) is 61.8 cm³/mol. The average Bonchev–Trinajstić information content (AvgIpc) is 2.59. The molecule has 1 unspecified atom stereocenters. The number of aryl methyl sites for hydroxylation is 2. The minimum atomic E-state index is -0.617. The van der Waals surface area contributed by atoms with Gasteiger partial charge in [-0.15, -0.1) is 0 Å². The number of aliphatic hydroxyl groups is 2. The van der Waals surface area contributed by atoms with Gasteiger partial charge in [0.2, 0.25) is 0 Å². The van der Waals surface area contributed by atoms with E-state index in [9.17, 15) is 0 Å². The van der Waals surface area contributed by atoms with Crippen LogP contribution in [0.2, 0.25) is 0 Å². The van der Waals surface area contributed by atoms with Crippen molar-refractivity contribution >= 4 is 11.8 Å². The summed E-state index contributed by atoms with van der Waals surface area (Å²) in [6, 6.07) is 2.08. The molecule has 1 heterocycles. The number of aliphatic hydroxyl groups excluding tert-OH is 2. The highest BCUT2D eigenvalue weighted by atomic mass is 32.2. The van der Waals surface area contributed by atoms with Crippen LogP contribution >= 0.6 is 11.8 Å². The maximum absolute atomic E-state index is 9.16. The number of aromatic nitrogens is 2. The fraction of sp³-hybridized carbons (Fsp3) is 0.700. The highest BCUT2D eigenvalue weighted by Gasteiger charge is 2.06. The Morgan fingerprint density at radius 2 is 2.33 bits per heavy atom. The topological polar surface area (TPSA) is 58.3 Å². The Labute approximate surface area is 94.3 Å². The van der Waals surface area contributed by atoms with Gasteiger partial charge in [0.15, 0.2) is 0 Å². The minimum Gasteiger partial charge on any atom is -0.394 e. The molecule has 1 rings (SSSR count). The van der Waals surface area contributed by atoms with Crippen LogP contribution in [0.25, 0.3) is 0 Å². The number of rotatable bonds is 6. The van der Waals surface area contributed by atoms with Gasteiger partial charge in [-0.05, 0) is 12.5 Å². The Kier molecular flexibility index (Phi) is 5.14. The summed E-state index contributed by atoms with van der Waals surface area (Å²) >= 11 is 1.61. The number of thioether (sulfide) groups is 1. The van der Waals surface area contributed by atoms with E-state index in [1.54, 1.807) is 11.8 Å². The van der Waals surface area contributed by atoms with Gasteiger partial charge in [0.25, 0.3) is 0 Å². The van der Waals surface area contributed by atoms with Crippen molar-refractivity contribution in [2.45, 2.75) is 25.2 Å². The van der Waals surface area contributed by atoms with Crippen LogP contribution < -0.4 is 0 Å². The summed E-state index contributed by atoms with van der Waals surface area (Å²) in [7, 11) is 1.93. The molecule has 0 fully saturated rings. The van der Waals surface area contributed by atoms with Crippen molar-refractivity contribution in [1.82, 2.24) is 9.78 Å². The summed E-state index contributed by atoms with van der Waals surface area (Å²) in [6.45, 7) is 1.91. The molecule has 0 saturated carbocycles. The first kappa shape index (κ1) is 12.5. The first-order valence-corrected chi connectivity index (χ1v) is 6.21. The molecule has 5 heteroatoms. The summed E-state index contributed by atoms with van der Waals surface area (Å²) in [4.78, 5) is 0. The molecule has 0 amide bonds. The van der Waals surface area contributed by atoms with E-state index in [-0.39, 0.29) is 6.61 Å². The highest BCUT2D eigenvalue weighted by Crippen LogP contribution is 2.14. The standard InChI is InChI=1S/C10H18N2O2S/c1-3-8-4-9(12(2)11-8)6-15-7-10(14)5-13/h4,10,13-14H,3,5-7H2,1-2H3. The van der Waals surface area contributed by atoms with Crippen LogP contribution in [0.15, 0.2) is 6.07 Å². The van der Waals surface area contributed by atoms with E-state index in [2.05, 4.69) is 18.1 Å². The average molecular weight is 230 g/mol. The molecule has 0 aliphatic carbocycles. The van der Waals surface area contributed by atoms with E-state index in [1.807, 2.05) is 11.7 Å². The lowest BCUT2D eigenvalue weighted by Crippen LogP contribution is -2.14. The molecule has 1 atom stereocenters. The Morgan fingerprint density at radius 1 is 1.60 bits per heavy atom. The second kappa shape index (κ2) is 6.15. The lowest BCUT2D eigenvalue weighted by molar-refractivity contribution is 0.113. The molecular weight excluding hydrogens is 212 g/mol. The molecular formula is C10H18N2O2S. The van der Waals surface area contributed by atoms with Crippen molar-refractivity contribution in [3.05, 3.63) is 17.5 Å². The summed E-state index contributed by atoms with van der Waals surface area (Å²) in [5.41, 5.74) is 2.25. The van der Waals surface area contributed by atoms with Crippen molar-refractivity contribution in [2.75, 3.05) is 12.4 Å². The number of hydrogen-bond donors (Lipinski definition) is 2. The predicted octanol–water partition coefficient (Wildman–Crippen LogP) is 0.569. The molecule has 0 aliphatic heterocycles. The molecule has 1 aromatic rings. The second-order valence-electron chi connectivity index (χ2n) is 3.46. The van der Waals surface area contributed by atoms with Gasteiger partial charge < -0.3 is 10.2 Å². The monoisotopic (exact) mass is 230 g/mol. The van der Waals surface area contributed by atoms with Gasteiger partial charge in [-0.2, -0.15) is 16.9 Å². The van der Waals surface area contributed by atoms with Gasteiger partial charge in [0.05, 0.1) is 18.4 Å². The summed E-state index contributed by atoms with van der Waals surface area (Å²) in [6.07, 6.45) is 0.325. The quantitative estimate of drug-likeness (QED) is 0.750. The van der Waals surface area contributed by atoms with E-state index < -0.39 is 6.10 Å². The van der Waals surface area contributed by atoms with Gasteiger partial charge in [-0.1, -0.05) is 6.92 Å². The minimum absolute atomic E-state index is 0.168. The third-order valence-corrected chi connectivity index (χ3v) is 3.28. The highest BCUT2D eigenvalue weighted by molar-refractivity contribution is 7.98. The van der Waals surface area contributed by atoms with Crippen LogP contribution in [0.4, 0.5) is 0 Å². The van der Waals surface area contributed by atoms with Gasteiger partial charge in [0.1, 0.15) is 0 Å². The van der Waals surface area contributed by atoms with Crippen molar-refractivity contribution in [1.29, 1.82) is 0 Å². The fourth-order valence-corrected chi connectivity index (χ4v) is 2.21. The van der Waals surface area contributed by atoms with Gasteiger partial charge in [-0.3, -0.25) is 4.68 Å². The molecule has 4 nitrogen and oxygen atoms in total. The lowest BCUT2D eigenvalue weighted by atomic mass is 10.3. The van der Waals surface area contributed by atoms with Gasteiger partial charge in [0, 0.05) is 24.2 Å². The normalized spacial score (nSPS) is 13.1. The van der Waals surface area contributed by atoms with Crippen LogP contribution in [0, 0.1) is 0 Å². The first-order chi connectivity index (χ1) is 7.17. The summed E-state index contributed by atoms with van der Waals surface area (Å²) < 4.78 is 1.87. The lowest BCUT2D eigenvalue weighted by Gasteiger charge is -2.06. The maximum Gasteiger partial charge on any atom is 0.0861 e. The van der Waals surface area contributed by atoms with Crippen LogP contribution in [-0.4, -0.2) is 38.5 Å². The van der Waals surface area contributed by atoms with Crippen LogP contribution in [-0.2, 0) is 19.2 Å². The molecule has 15 heavy (non-hydrogen) atoms. The summed E-state index contributed by atoms with van der Waals surface area (Å²) in [5.74, 6) is 1.38. The SMILES string of the molecule is CCc1cc(CSCC(O)CO)n(C)n1. The van der Waals surface area contributed by atoms with Crippen LogP contribution in [0.1, 0.15) is 18.3 Å². The molecule has 0 saturated heterocycles. The zero-order valence-electron chi connectivity index (χ0n) is 9.18. The molecule has 0 radical (unpaired) electrons. The van der Waals surface area contributed by atoms with E-state index in [4.69, 9.17) is 10.2 Å². The molecule has 0 aromatic carbocycles. The molecule has 86 valence electrons. The van der Waals surface area contributed by atoms with E-state index in [1.165, 1.54) is 0 Å². The largest absolute Gasteiger partial charge is 0.394 e. The smallest absolute Gasteiger partial charge is 0.0861 e. The zero-order valence-corrected chi connectivity index (χ0v) is 10.00. The third-order valence-electron chi connectivity index (χ3n) is 2.16. The van der Waals surface area contributed by atoms with Crippen molar-refractivity contribution < 1.29 is 10.2 Å². The van der Waals surface area contributed by atoms with E-state index in [0.717, 1.165) is 23.6 Å². The van der Waals surface area contributed by atoms with E-state index >= 15 is 0 Å². The molecule has 0 spiro atoms. The molecule has 1 aromatic heterocycles. The molecule has 0 aliphatic rings. The van der Waals surface area contributed by atoms with Crippen molar-refractivity contribution in [3.8, 4) is 0 Å². The fourth-order valence-electron chi connectivity index (χ4n) is 1.23. The molecule has 2 N–H and O–H groups in total. The maximum atomic E-state index is 9.16. The Bertz CT molecular complexity index is 302. The zero-order chi connectivity index (χ0) is 11.3. The van der Waals surface area contributed by atoms with Gasteiger partial charge >= 0.3 is 0 Å². The Morgan fingerprint density at radius 3 is 2.87 bits per heavy atom. The second-order valence-corrected chi connectivity index (χ2v) is 4.49. The Balaban J connectivity index is 2.40. The number of nitrogens with zero attached hydrogens (tertiary/aromatic N) is 2. The number of hydrogen-bond acceptors (Lipinski definition) is 4. The molecule has 0 bridgehead atoms. The Hall–Kier alpha value is -0.520.